The van der Waals surface area contributed by atoms with Gasteiger partial charge in [0, 0.05) is 38.8 Å². The third-order valence-corrected chi connectivity index (χ3v) is 8.21. The van der Waals surface area contributed by atoms with Gasteiger partial charge in [-0.25, -0.2) is 8.42 Å². The van der Waals surface area contributed by atoms with Crippen molar-refractivity contribution in [3.8, 4) is 0 Å². The van der Waals surface area contributed by atoms with E-state index in [9.17, 15) is 8.42 Å². The molecule has 21 heavy (non-hydrogen) atoms. The molecule has 6 heteroatoms. The van der Waals surface area contributed by atoms with Crippen LogP contribution in [0, 0.1) is 5.41 Å². The van der Waals surface area contributed by atoms with Crippen molar-refractivity contribution in [2.24, 2.45) is 5.41 Å². The number of hydrogen-bond donors (Lipinski definition) is 0. The summed E-state index contributed by atoms with van der Waals surface area (Å²) in [5, 5.41) is 0. The van der Waals surface area contributed by atoms with Crippen LogP contribution in [0.2, 0.25) is 0 Å². The lowest BCUT2D eigenvalue weighted by Gasteiger charge is -2.47. The van der Waals surface area contributed by atoms with E-state index in [2.05, 4.69) is 16.1 Å². The van der Waals surface area contributed by atoms with Gasteiger partial charge in [0.25, 0.3) is 0 Å². The summed E-state index contributed by atoms with van der Waals surface area (Å²) in [5.74, 6) is 2.09. The predicted octanol–water partition coefficient (Wildman–Crippen LogP) is 1.32. The lowest BCUT2D eigenvalue weighted by Crippen LogP contribution is -2.54. The van der Waals surface area contributed by atoms with Crippen LogP contribution < -0.4 is 0 Å². The van der Waals surface area contributed by atoms with E-state index in [4.69, 9.17) is 0 Å². The zero-order valence-corrected chi connectivity index (χ0v) is 14.7. The molecule has 2 heterocycles. The molecule has 0 bridgehead atoms. The summed E-state index contributed by atoms with van der Waals surface area (Å²) in [7, 11) is -2.75. The molecule has 0 amide bonds. The summed E-state index contributed by atoms with van der Waals surface area (Å²) in [4.78, 5) is 5.04. The number of rotatable bonds is 5. The summed E-state index contributed by atoms with van der Waals surface area (Å²) in [6.07, 6.45) is 7.27. The molecule has 3 fully saturated rings. The van der Waals surface area contributed by atoms with Crippen LogP contribution in [0.3, 0.4) is 0 Å². The SMILES string of the molecule is CSCC1(CN2CCN([C@@H]3CCS(=O)(=O)C3)CC2)CCC1. The number of thioether (sulfide) groups is 1. The second-order valence-corrected chi connectivity index (χ2v) is 10.3. The third kappa shape index (κ3) is 3.77. The van der Waals surface area contributed by atoms with Crippen molar-refractivity contribution in [1.82, 2.24) is 9.80 Å². The summed E-state index contributed by atoms with van der Waals surface area (Å²) < 4.78 is 23.2. The fourth-order valence-electron chi connectivity index (χ4n) is 4.16. The van der Waals surface area contributed by atoms with Gasteiger partial charge in [-0.15, -0.1) is 0 Å². The van der Waals surface area contributed by atoms with Crippen LogP contribution in [-0.2, 0) is 9.84 Å². The van der Waals surface area contributed by atoms with Gasteiger partial charge < -0.3 is 4.90 Å². The number of piperazine rings is 1. The fourth-order valence-corrected chi connectivity index (χ4v) is 6.91. The zero-order valence-electron chi connectivity index (χ0n) is 13.1. The summed E-state index contributed by atoms with van der Waals surface area (Å²) in [5.41, 5.74) is 0.582. The molecule has 0 aromatic carbocycles. The molecule has 0 aromatic rings. The van der Waals surface area contributed by atoms with Gasteiger partial charge in [0.2, 0.25) is 0 Å². The highest BCUT2D eigenvalue weighted by Gasteiger charge is 2.39. The summed E-state index contributed by atoms with van der Waals surface area (Å²) in [6.45, 7) is 5.59. The second-order valence-electron chi connectivity index (χ2n) is 7.16. The molecule has 3 aliphatic rings. The minimum Gasteiger partial charge on any atom is -0.300 e. The molecule has 0 N–H and O–H groups in total. The smallest absolute Gasteiger partial charge is 0.151 e. The molecule has 0 aromatic heterocycles. The normalized spacial score (nSPS) is 32.9. The highest BCUT2D eigenvalue weighted by Crippen LogP contribution is 2.43. The molecule has 3 rings (SSSR count). The molecular weight excluding hydrogens is 304 g/mol. The van der Waals surface area contributed by atoms with Crippen LogP contribution in [0.1, 0.15) is 25.7 Å². The van der Waals surface area contributed by atoms with E-state index in [0.717, 1.165) is 32.6 Å². The minimum absolute atomic E-state index is 0.293. The Bertz CT molecular complexity index is 454. The predicted molar refractivity (Wildman–Crippen MR) is 89.7 cm³/mol. The highest BCUT2D eigenvalue weighted by atomic mass is 32.2. The molecule has 1 atom stereocenters. The largest absolute Gasteiger partial charge is 0.300 e. The van der Waals surface area contributed by atoms with Crippen LogP contribution in [0.15, 0.2) is 0 Å². The first-order valence-corrected chi connectivity index (χ1v) is 11.4. The number of sulfone groups is 1. The Balaban J connectivity index is 1.47. The molecule has 0 radical (unpaired) electrons. The van der Waals surface area contributed by atoms with Gasteiger partial charge in [-0.05, 0) is 36.7 Å². The van der Waals surface area contributed by atoms with Crippen LogP contribution in [0.4, 0.5) is 0 Å². The minimum atomic E-state index is -2.75. The molecule has 122 valence electrons. The van der Waals surface area contributed by atoms with E-state index < -0.39 is 9.84 Å². The zero-order chi connectivity index (χ0) is 14.9. The summed E-state index contributed by atoms with van der Waals surface area (Å²) >= 11 is 1.99. The van der Waals surface area contributed by atoms with Crippen LogP contribution in [-0.4, -0.2) is 80.5 Å². The third-order valence-electron chi connectivity index (χ3n) is 5.56. The van der Waals surface area contributed by atoms with Crippen molar-refractivity contribution >= 4 is 21.6 Å². The molecule has 1 aliphatic carbocycles. The van der Waals surface area contributed by atoms with Gasteiger partial charge in [0.05, 0.1) is 11.5 Å². The number of hydrogen-bond acceptors (Lipinski definition) is 5. The molecule has 4 nitrogen and oxygen atoms in total. The van der Waals surface area contributed by atoms with Crippen molar-refractivity contribution in [2.45, 2.75) is 31.7 Å². The molecule has 0 spiro atoms. The molecular formula is C15H28N2O2S2. The van der Waals surface area contributed by atoms with E-state index in [0.29, 0.717) is 23.0 Å². The van der Waals surface area contributed by atoms with E-state index in [-0.39, 0.29) is 0 Å². The Morgan fingerprint density at radius 3 is 2.38 bits per heavy atom. The Morgan fingerprint density at radius 1 is 1.19 bits per heavy atom. The van der Waals surface area contributed by atoms with Gasteiger partial charge in [-0.1, -0.05) is 6.42 Å². The van der Waals surface area contributed by atoms with Gasteiger partial charge in [-0.3, -0.25) is 4.90 Å². The standard InChI is InChI=1S/C15H28N2O2S2/c1-20-13-15(4-2-5-15)12-16-6-8-17(9-7-16)14-3-10-21(18,19)11-14/h14H,2-13H2,1H3/t14-/m1/s1. The van der Waals surface area contributed by atoms with Crippen molar-refractivity contribution in [3.63, 3.8) is 0 Å². The Morgan fingerprint density at radius 2 is 1.90 bits per heavy atom. The van der Waals surface area contributed by atoms with Gasteiger partial charge >= 0.3 is 0 Å². The van der Waals surface area contributed by atoms with Crippen LogP contribution in [0.5, 0.6) is 0 Å². The molecule has 0 unspecified atom stereocenters. The Hall–Kier alpha value is 0.220. The van der Waals surface area contributed by atoms with E-state index in [1.807, 2.05) is 11.8 Å². The van der Waals surface area contributed by atoms with E-state index in [1.54, 1.807) is 0 Å². The average Bonchev–Trinajstić information content (AvgIpc) is 2.77. The number of nitrogens with zero attached hydrogens (tertiary/aromatic N) is 2. The van der Waals surface area contributed by atoms with Gasteiger partial charge in [0.15, 0.2) is 9.84 Å². The monoisotopic (exact) mass is 332 g/mol. The van der Waals surface area contributed by atoms with Gasteiger partial charge in [-0.2, -0.15) is 11.8 Å². The maximum Gasteiger partial charge on any atom is 0.151 e. The lowest BCUT2D eigenvalue weighted by molar-refractivity contribution is 0.0436. The van der Waals surface area contributed by atoms with Gasteiger partial charge in [0.1, 0.15) is 0 Å². The quantitative estimate of drug-likeness (QED) is 0.759. The lowest BCUT2D eigenvalue weighted by atomic mass is 9.70. The second kappa shape index (κ2) is 6.38. The maximum atomic E-state index is 11.6. The van der Waals surface area contributed by atoms with Crippen LogP contribution in [0.25, 0.3) is 0 Å². The Kier molecular flexibility index (Phi) is 4.89. The van der Waals surface area contributed by atoms with Crippen molar-refractivity contribution < 1.29 is 8.42 Å². The topological polar surface area (TPSA) is 40.6 Å². The van der Waals surface area contributed by atoms with Crippen molar-refractivity contribution in [2.75, 3.05) is 56.2 Å². The van der Waals surface area contributed by atoms with Crippen molar-refractivity contribution in [1.29, 1.82) is 0 Å². The van der Waals surface area contributed by atoms with E-state index >= 15 is 0 Å². The van der Waals surface area contributed by atoms with Crippen molar-refractivity contribution in [3.05, 3.63) is 0 Å². The molecule has 2 saturated heterocycles. The average molecular weight is 333 g/mol. The first-order chi connectivity index (χ1) is 10.0. The Labute approximate surface area is 133 Å². The van der Waals surface area contributed by atoms with Crippen LogP contribution >= 0.6 is 11.8 Å². The molecule has 2 aliphatic heterocycles. The first-order valence-electron chi connectivity index (χ1n) is 8.18. The maximum absolute atomic E-state index is 11.6. The first kappa shape index (κ1) is 16.1. The summed E-state index contributed by atoms with van der Waals surface area (Å²) in [6, 6.07) is 0.293. The highest BCUT2D eigenvalue weighted by molar-refractivity contribution is 7.98. The van der Waals surface area contributed by atoms with E-state index in [1.165, 1.54) is 31.6 Å². The molecule has 1 saturated carbocycles. The fraction of sp³-hybridized carbons (Fsp3) is 1.00.